The maximum atomic E-state index is 6.32. The van der Waals surface area contributed by atoms with Gasteiger partial charge in [0.1, 0.15) is 5.75 Å². The average molecular weight is 345 g/mol. The van der Waals surface area contributed by atoms with Crippen LogP contribution in [-0.4, -0.2) is 16.9 Å². The minimum atomic E-state index is -0.377. The molecule has 1 heterocycles. The number of aromatic nitrogens is 2. The van der Waals surface area contributed by atoms with Gasteiger partial charge in [0, 0.05) is 16.6 Å². The summed E-state index contributed by atoms with van der Waals surface area (Å²) < 4.78 is 8.12. The first-order valence-corrected chi connectivity index (χ1v) is 7.05. The molecule has 0 spiro atoms. The van der Waals surface area contributed by atoms with E-state index in [1.165, 1.54) is 0 Å². The van der Waals surface area contributed by atoms with Crippen molar-refractivity contribution in [2.75, 3.05) is 7.11 Å². The van der Waals surface area contributed by atoms with Crippen LogP contribution < -0.4 is 10.5 Å². The molecule has 19 heavy (non-hydrogen) atoms. The standard InChI is InChI=1S/C13H15BrClN3O/c1-3-18-13(10(15)7-17-18)12(16)9-5-4-8(14)6-11(9)19-2/h4-7,12H,3,16H2,1-2H3. The van der Waals surface area contributed by atoms with E-state index in [-0.39, 0.29) is 6.04 Å². The van der Waals surface area contributed by atoms with Gasteiger partial charge in [0.25, 0.3) is 0 Å². The van der Waals surface area contributed by atoms with Gasteiger partial charge in [-0.1, -0.05) is 33.6 Å². The van der Waals surface area contributed by atoms with Gasteiger partial charge in [-0.2, -0.15) is 5.10 Å². The summed E-state index contributed by atoms with van der Waals surface area (Å²) in [7, 11) is 1.62. The zero-order valence-electron chi connectivity index (χ0n) is 10.7. The molecule has 6 heteroatoms. The van der Waals surface area contributed by atoms with Crippen molar-refractivity contribution in [2.45, 2.75) is 19.5 Å². The average Bonchev–Trinajstić information content (AvgIpc) is 2.78. The smallest absolute Gasteiger partial charge is 0.125 e. The number of halogens is 2. The van der Waals surface area contributed by atoms with Crippen LogP contribution in [0.4, 0.5) is 0 Å². The van der Waals surface area contributed by atoms with Crippen molar-refractivity contribution in [1.82, 2.24) is 9.78 Å². The molecule has 1 aromatic carbocycles. The van der Waals surface area contributed by atoms with Crippen LogP contribution in [0.1, 0.15) is 24.2 Å². The second-order valence-corrected chi connectivity index (χ2v) is 5.38. The topological polar surface area (TPSA) is 53.1 Å². The Balaban J connectivity index is 2.49. The lowest BCUT2D eigenvalue weighted by atomic mass is 10.0. The fourth-order valence-corrected chi connectivity index (χ4v) is 2.62. The van der Waals surface area contributed by atoms with E-state index in [0.29, 0.717) is 11.6 Å². The van der Waals surface area contributed by atoms with Crippen molar-refractivity contribution in [1.29, 1.82) is 0 Å². The van der Waals surface area contributed by atoms with Gasteiger partial charge in [0.15, 0.2) is 0 Å². The van der Waals surface area contributed by atoms with Crippen LogP contribution in [0.5, 0.6) is 5.75 Å². The predicted molar refractivity (Wildman–Crippen MR) is 79.6 cm³/mol. The Hall–Kier alpha value is -1.04. The van der Waals surface area contributed by atoms with Crippen molar-refractivity contribution < 1.29 is 4.74 Å². The van der Waals surface area contributed by atoms with E-state index in [0.717, 1.165) is 21.5 Å². The molecule has 2 N–H and O–H groups in total. The zero-order chi connectivity index (χ0) is 14.0. The molecule has 0 aliphatic carbocycles. The number of ether oxygens (including phenoxy) is 1. The highest BCUT2D eigenvalue weighted by atomic mass is 79.9. The molecule has 0 saturated carbocycles. The second kappa shape index (κ2) is 5.94. The number of nitrogens with zero attached hydrogens (tertiary/aromatic N) is 2. The van der Waals surface area contributed by atoms with E-state index >= 15 is 0 Å². The summed E-state index contributed by atoms with van der Waals surface area (Å²) in [4.78, 5) is 0. The molecule has 0 bridgehead atoms. The summed E-state index contributed by atoms with van der Waals surface area (Å²) in [6, 6.07) is 5.36. The van der Waals surface area contributed by atoms with Gasteiger partial charge >= 0.3 is 0 Å². The van der Waals surface area contributed by atoms with Crippen LogP contribution in [0.25, 0.3) is 0 Å². The molecule has 1 atom stereocenters. The lowest BCUT2D eigenvalue weighted by Gasteiger charge is -2.17. The third-order valence-corrected chi connectivity index (χ3v) is 3.74. The Kier molecular flexibility index (Phi) is 4.50. The minimum absolute atomic E-state index is 0.377. The number of benzene rings is 1. The third kappa shape index (κ3) is 2.78. The molecule has 2 rings (SSSR count). The van der Waals surface area contributed by atoms with Gasteiger partial charge < -0.3 is 10.5 Å². The van der Waals surface area contributed by atoms with Crippen LogP contribution in [0, 0.1) is 0 Å². The number of methoxy groups -OCH3 is 1. The van der Waals surface area contributed by atoms with E-state index in [2.05, 4.69) is 21.0 Å². The Morgan fingerprint density at radius 3 is 2.89 bits per heavy atom. The van der Waals surface area contributed by atoms with Crippen LogP contribution in [-0.2, 0) is 6.54 Å². The van der Waals surface area contributed by atoms with Crippen molar-refractivity contribution in [3.05, 3.63) is 45.1 Å². The molecule has 0 amide bonds. The van der Waals surface area contributed by atoms with E-state index in [4.69, 9.17) is 22.1 Å². The SMILES string of the molecule is CCn1ncc(Cl)c1C(N)c1ccc(Br)cc1OC. The quantitative estimate of drug-likeness (QED) is 0.925. The van der Waals surface area contributed by atoms with Crippen LogP contribution in [0.15, 0.2) is 28.9 Å². The Morgan fingerprint density at radius 2 is 2.26 bits per heavy atom. The summed E-state index contributed by atoms with van der Waals surface area (Å²) >= 11 is 9.60. The van der Waals surface area contributed by atoms with Crippen molar-refractivity contribution in [3.8, 4) is 5.75 Å². The second-order valence-electron chi connectivity index (χ2n) is 4.06. The molecule has 0 fully saturated rings. The third-order valence-electron chi connectivity index (χ3n) is 2.96. The van der Waals surface area contributed by atoms with Gasteiger partial charge in [-0.3, -0.25) is 4.68 Å². The normalized spacial score (nSPS) is 12.5. The summed E-state index contributed by atoms with van der Waals surface area (Å²) in [5.41, 5.74) is 8.00. The minimum Gasteiger partial charge on any atom is -0.496 e. The number of hydrogen-bond acceptors (Lipinski definition) is 3. The van der Waals surface area contributed by atoms with Gasteiger partial charge in [0.05, 0.1) is 30.1 Å². The first-order chi connectivity index (χ1) is 9.08. The molecule has 1 unspecified atom stereocenters. The molecule has 0 aliphatic rings. The molecule has 1 aromatic heterocycles. The number of hydrogen-bond donors (Lipinski definition) is 1. The van der Waals surface area contributed by atoms with E-state index in [1.54, 1.807) is 18.0 Å². The van der Waals surface area contributed by atoms with Gasteiger partial charge in [0.2, 0.25) is 0 Å². The molecular weight excluding hydrogens is 330 g/mol. The summed E-state index contributed by atoms with van der Waals surface area (Å²) in [5.74, 6) is 0.724. The maximum Gasteiger partial charge on any atom is 0.125 e. The van der Waals surface area contributed by atoms with Crippen molar-refractivity contribution >= 4 is 27.5 Å². The van der Waals surface area contributed by atoms with Crippen molar-refractivity contribution in [3.63, 3.8) is 0 Å². The maximum absolute atomic E-state index is 6.32. The molecule has 4 nitrogen and oxygen atoms in total. The molecular formula is C13H15BrClN3O. The van der Waals surface area contributed by atoms with Crippen LogP contribution in [0.3, 0.4) is 0 Å². The number of rotatable bonds is 4. The predicted octanol–water partition coefficient (Wildman–Crippen LogP) is 3.38. The highest BCUT2D eigenvalue weighted by Gasteiger charge is 2.21. The monoisotopic (exact) mass is 343 g/mol. The lowest BCUT2D eigenvalue weighted by Crippen LogP contribution is -2.18. The number of aryl methyl sites for hydroxylation is 1. The Bertz CT molecular complexity index is 585. The molecule has 2 aromatic rings. The molecule has 0 saturated heterocycles. The highest BCUT2D eigenvalue weighted by Crippen LogP contribution is 2.33. The van der Waals surface area contributed by atoms with Crippen molar-refractivity contribution in [2.24, 2.45) is 5.73 Å². The summed E-state index contributed by atoms with van der Waals surface area (Å²) in [5, 5.41) is 4.78. The fourth-order valence-electron chi connectivity index (χ4n) is 2.02. The van der Waals surface area contributed by atoms with E-state index in [9.17, 15) is 0 Å². The van der Waals surface area contributed by atoms with Crippen LogP contribution >= 0.6 is 27.5 Å². The van der Waals surface area contributed by atoms with Gasteiger partial charge in [-0.15, -0.1) is 0 Å². The largest absolute Gasteiger partial charge is 0.496 e. The van der Waals surface area contributed by atoms with E-state index in [1.807, 2.05) is 25.1 Å². The fraction of sp³-hybridized carbons (Fsp3) is 0.308. The van der Waals surface area contributed by atoms with Crippen LogP contribution in [0.2, 0.25) is 5.02 Å². The molecule has 0 radical (unpaired) electrons. The summed E-state index contributed by atoms with van der Waals surface area (Å²) in [6.07, 6.45) is 1.62. The first-order valence-electron chi connectivity index (χ1n) is 5.88. The van der Waals surface area contributed by atoms with E-state index < -0.39 is 0 Å². The Morgan fingerprint density at radius 1 is 1.53 bits per heavy atom. The zero-order valence-corrected chi connectivity index (χ0v) is 13.1. The first kappa shape index (κ1) is 14.4. The summed E-state index contributed by atoms with van der Waals surface area (Å²) in [6.45, 7) is 2.72. The highest BCUT2D eigenvalue weighted by molar-refractivity contribution is 9.10. The molecule has 0 aliphatic heterocycles. The lowest BCUT2D eigenvalue weighted by molar-refractivity contribution is 0.406. The Labute approximate surface area is 125 Å². The van der Waals surface area contributed by atoms with Gasteiger partial charge in [-0.05, 0) is 19.1 Å². The van der Waals surface area contributed by atoms with Gasteiger partial charge in [-0.25, -0.2) is 0 Å². The molecule has 102 valence electrons. The number of nitrogens with two attached hydrogens (primary N) is 1.